The van der Waals surface area contributed by atoms with Gasteiger partial charge in [0.1, 0.15) is 10.6 Å². The van der Waals surface area contributed by atoms with Crippen molar-refractivity contribution >= 4 is 39.0 Å². The Morgan fingerprint density at radius 2 is 1.62 bits per heavy atom. The Labute approximate surface area is 181 Å². The van der Waals surface area contributed by atoms with E-state index in [1.165, 1.54) is 27.1 Å². The van der Waals surface area contributed by atoms with Crippen molar-refractivity contribution in [1.82, 2.24) is 9.97 Å². The molecule has 4 rings (SSSR count). The van der Waals surface area contributed by atoms with E-state index in [1.807, 2.05) is 6.07 Å². The quantitative estimate of drug-likeness (QED) is 0.321. The Morgan fingerprint density at radius 3 is 2.28 bits per heavy atom. The fraction of sp³-hybridized carbons (Fsp3) is 0.250. The van der Waals surface area contributed by atoms with Gasteiger partial charge in [0.2, 0.25) is 5.28 Å². The molecule has 3 nitrogen and oxygen atoms in total. The summed E-state index contributed by atoms with van der Waals surface area (Å²) < 4.78 is 0. The molecule has 2 aromatic heterocycles. The standard InChI is InChI=1S/C24H24ClN3S/c1-4-16-11-13-18(14-12-16)20-19(5-2)29-23-21(20)22(26-24(25)27-23)28(3)15-17-9-7-6-8-10-17/h6-14H,4-5,15H2,1-3H3. The van der Waals surface area contributed by atoms with Crippen LogP contribution in [0.1, 0.15) is 29.9 Å². The summed E-state index contributed by atoms with van der Waals surface area (Å²) in [5.74, 6) is 0.884. The smallest absolute Gasteiger partial charge is 0.225 e. The largest absolute Gasteiger partial charge is 0.355 e. The number of benzene rings is 2. The highest BCUT2D eigenvalue weighted by Crippen LogP contribution is 2.43. The maximum absolute atomic E-state index is 6.32. The second-order valence-electron chi connectivity index (χ2n) is 7.14. The molecule has 4 aromatic rings. The van der Waals surface area contributed by atoms with E-state index in [2.05, 4.69) is 84.3 Å². The summed E-state index contributed by atoms with van der Waals surface area (Å²) in [6.07, 6.45) is 1.99. The number of nitrogens with zero attached hydrogens (tertiary/aromatic N) is 3. The molecule has 0 saturated carbocycles. The predicted octanol–water partition coefficient (Wildman–Crippen LogP) is 6.77. The molecule has 0 bridgehead atoms. The molecule has 0 atom stereocenters. The molecule has 0 spiro atoms. The molecule has 0 aliphatic carbocycles. The molecule has 0 amide bonds. The molecule has 0 radical (unpaired) electrons. The van der Waals surface area contributed by atoms with Crippen molar-refractivity contribution < 1.29 is 0 Å². The first-order chi connectivity index (χ1) is 14.1. The maximum Gasteiger partial charge on any atom is 0.225 e. The van der Waals surface area contributed by atoms with Gasteiger partial charge in [0.25, 0.3) is 0 Å². The van der Waals surface area contributed by atoms with Crippen molar-refractivity contribution in [2.24, 2.45) is 0 Å². The Bertz CT molecular complexity index is 1120. The van der Waals surface area contributed by atoms with Gasteiger partial charge in [-0.3, -0.25) is 0 Å². The molecule has 0 aliphatic heterocycles. The van der Waals surface area contributed by atoms with Crippen LogP contribution < -0.4 is 4.90 Å². The molecule has 0 unspecified atom stereocenters. The van der Waals surface area contributed by atoms with Gasteiger partial charge in [-0.25, -0.2) is 4.98 Å². The normalized spacial score (nSPS) is 11.2. The number of thiophene rings is 1. The lowest BCUT2D eigenvalue weighted by molar-refractivity contribution is 0.901. The zero-order chi connectivity index (χ0) is 20.4. The van der Waals surface area contributed by atoms with Crippen molar-refractivity contribution in [3.05, 3.63) is 75.9 Å². The third-order valence-corrected chi connectivity index (χ3v) is 6.57. The average Bonchev–Trinajstić information content (AvgIpc) is 3.12. The average molecular weight is 422 g/mol. The van der Waals surface area contributed by atoms with Crippen LogP contribution in [0.3, 0.4) is 0 Å². The van der Waals surface area contributed by atoms with Crippen LogP contribution in [-0.2, 0) is 19.4 Å². The van der Waals surface area contributed by atoms with Crippen molar-refractivity contribution in [1.29, 1.82) is 0 Å². The minimum atomic E-state index is 0.296. The third kappa shape index (κ3) is 4.00. The molecule has 2 heterocycles. The van der Waals surface area contributed by atoms with E-state index in [1.54, 1.807) is 11.3 Å². The lowest BCUT2D eigenvalue weighted by Gasteiger charge is -2.20. The van der Waals surface area contributed by atoms with Gasteiger partial charge in [-0.2, -0.15) is 4.98 Å². The number of aryl methyl sites for hydroxylation is 2. The minimum absolute atomic E-state index is 0.296. The van der Waals surface area contributed by atoms with Crippen LogP contribution in [-0.4, -0.2) is 17.0 Å². The summed E-state index contributed by atoms with van der Waals surface area (Å²) in [6.45, 7) is 5.13. The maximum atomic E-state index is 6.32. The Hall–Kier alpha value is -2.43. The summed E-state index contributed by atoms with van der Waals surface area (Å²) in [7, 11) is 2.07. The van der Waals surface area contributed by atoms with Crippen LogP contribution in [0.5, 0.6) is 0 Å². The number of rotatable bonds is 6. The highest BCUT2D eigenvalue weighted by molar-refractivity contribution is 7.19. The molecule has 148 valence electrons. The summed E-state index contributed by atoms with van der Waals surface area (Å²) in [5, 5.41) is 1.39. The zero-order valence-electron chi connectivity index (χ0n) is 16.9. The molecule has 2 aromatic carbocycles. The molecular formula is C24H24ClN3S. The van der Waals surface area contributed by atoms with E-state index in [0.29, 0.717) is 5.28 Å². The number of halogens is 1. The van der Waals surface area contributed by atoms with Crippen LogP contribution in [0.15, 0.2) is 54.6 Å². The topological polar surface area (TPSA) is 29.0 Å². The third-order valence-electron chi connectivity index (χ3n) is 5.17. The lowest BCUT2D eigenvalue weighted by atomic mass is 10.00. The zero-order valence-corrected chi connectivity index (χ0v) is 18.5. The van der Waals surface area contributed by atoms with Crippen molar-refractivity contribution in [2.75, 3.05) is 11.9 Å². The van der Waals surface area contributed by atoms with E-state index in [-0.39, 0.29) is 0 Å². The molecule has 0 saturated heterocycles. The fourth-order valence-corrected chi connectivity index (χ4v) is 5.02. The monoisotopic (exact) mass is 421 g/mol. The van der Waals surface area contributed by atoms with Gasteiger partial charge in [0.15, 0.2) is 0 Å². The van der Waals surface area contributed by atoms with E-state index in [4.69, 9.17) is 11.6 Å². The Balaban J connectivity index is 1.88. The lowest BCUT2D eigenvalue weighted by Crippen LogP contribution is -2.18. The van der Waals surface area contributed by atoms with Crippen LogP contribution >= 0.6 is 22.9 Å². The van der Waals surface area contributed by atoms with E-state index < -0.39 is 0 Å². The molecular weight excluding hydrogens is 398 g/mol. The van der Waals surface area contributed by atoms with Crippen LogP contribution in [0.4, 0.5) is 5.82 Å². The Morgan fingerprint density at radius 1 is 0.897 bits per heavy atom. The van der Waals surface area contributed by atoms with Gasteiger partial charge >= 0.3 is 0 Å². The van der Waals surface area contributed by atoms with Gasteiger partial charge in [-0.1, -0.05) is 68.4 Å². The number of hydrogen-bond acceptors (Lipinski definition) is 4. The van der Waals surface area contributed by atoms with Crippen molar-refractivity contribution in [2.45, 2.75) is 33.2 Å². The van der Waals surface area contributed by atoms with E-state index >= 15 is 0 Å². The Kier molecular flexibility index (Phi) is 5.84. The second-order valence-corrected chi connectivity index (χ2v) is 8.56. The van der Waals surface area contributed by atoms with Gasteiger partial charge in [0, 0.05) is 24.0 Å². The van der Waals surface area contributed by atoms with Crippen LogP contribution in [0.25, 0.3) is 21.3 Å². The highest BCUT2D eigenvalue weighted by atomic mass is 35.5. The van der Waals surface area contributed by atoms with Gasteiger partial charge in [-0.05, 0) is 41.1 Å². The number of hydrogen-bond donors (Lipinski definition) is 0. The van der Waals surface area contributed by atoms with Gasteiger partial charge in [-0.15, -0.1) is 11.3 Å². The fourth-order valence-electron chi connectivity index (χ4n) is 3.67. The summed E-state index contributed by atoms with van der Waals surface area (Å²) in [4.78, 5) is 13.6. The highest BCUT2D eigenvalue weighted by Gasteiger charge is 2.21. The number of fused-ring (bicyclic) bond motifs is 1. The van der Waals surface area contributed by atoms with E-state index in [9.17, 15) is 0 Å². The first-order valence-corrected chi connectivity index (χ1v) is 11.1. The second kappa shape index (κ2) is 8.52. The molecule has 0 N–H and O–H groups in total. The minimum Gasteiger partial charge on any atom is -0.355 e. The summed E-state index contributed by atoms with van der Waals surface area (Å²) in [6, 6.07) is 19.3. The SMILES string of the molecule is CCc1ccc(-c2c(CC)sc3nc(Cl)nc(N(C)Cc4ccccc4)c23)cc1. The molecule has 5 heteroatoms. The first-order valence-electron chi connectivity index (χ1n) is 9.94. The molecule has 29 heavy (non-hydrogen) atoms. The van der Waals surface area contributed by atoms with Crippen molar-refractivity contribution in [3.8, 4) is 11.1 Å². The van der Waals surface area contributed by atoms with Crippen molar-refractivity contribution in [3.63, 3.8) is 0 Å². The number of anilines is 1. The first kappa shape index (κ1) is 19.9. The van der Waals surface area contributed by atoms with E-state index in [0.717, 1.165) is 35.4 Å². The number of aromatic nitrogens is 2. The van der Waals surface area contributed by atoms with Gasteiger partial charge in [0.05, 0.1) is 5.39 Å². The van der Waals surface area contributed by atoms with Crippen LogP contribution in [0.2, 0.25) is 5.28 Å². The van der Waals surface area contributed by atoms with Gasteiger partial charge < -0.3 is 4.90 Å². The molecule has 0 fully saturated rings. The predicted molar refractivity (Wildman–Crippen MR) is 125 cm³/mol. The summed E-state index contributed by atoms with van der Waals surface area (Å²) in [5.41, 5.74) is 5.03. The molecule has 0 aliphatic rings. The van der Waals surface area contributed by atoms with Crippen LogP contribution in [0, 0.1) is 0 Å². The summed E-state index contributed by atoms with van der Waals surface area (Å²) >= 11 is 8.04.